The highest BCUT2D eigenvalue weighted by Crippen LogP contribution is 2.20. The average Bonchev–Trinajstić information content (AvgIpc) is 2.18. The molecule has 0 amide bonds. The predicted octanol–water partition coefficient (Wildman–Crippen LogP) is 4.32. The molecule has 0 aliphatic carbocycles. The van der Waals surface area contributed by atoms with Crippen LogP contribution in [-0.4, -0.2) is 6.21 Å². The minimum absolute atomic E-state index is 0.560. The van der Waals surface area contributed by atoms with Crippen LogP contribution in [0, 0.1) is 17.8 Å². The fraction of sp³-hybridized carbons (Fsp3) is 0.500. The minimum atomic E-state index is 0.560. The van der Waals surface area contributed by atoms with Crippen molar-refractivity contribution < 1.29 is 0 Å². The van der Waals surface area contributed by atoms with Crippen LogP contribution in [-0.2, 0) is 0 Å². The smallest absolute Gasteiger partial charge is 0.0625 e. The topological polar surface area (TPSA) is 12.4 Å². The van der Waals surface area contributed by atoms with Crippen molar-refractivity contribution >= 4 is 11.9 Å². The third-order valence-electron chi connectivity index (χ3n) is 2.69. The first-order valence-corrected chi connectivity index (χ1v) is 5.70. The van der Waals surface area contributed by atoms with Crippen LogP contribution < -0.4 is 0 Å². The molecule has 0 saturated heterocycles. The molecular weight excluding hydrogens is 182 g/mol. The second-order valence-electron chi connectivity index (χ2n) is 4.68. The normalized spacial score (nSPS) is 12.2. The molecule has 0 aromatic heterocycles. The molecule has 0 saturated carbocycles. The van der Waals surface area contributed by atoms with Gasteiger partial charge in [0.15, 0.2) is 0 Å². The van der Waals surface area contributed by atoms with Gasteiger partial charge < -0.3 is 0 Å². The van der Waals surface area contributed by atoms with E-state index in [-0.39, 0.29) is 0 Å². The molecule has 0 fully saturated rings. The Morgan fingerprint density at radius 3 is 1.93 bits per heavy atom. The number of rotatable bonds is 4. The Kier molecular flexibility index (Phi) is 4.54. The first-order valence-electron chi connectivity index (χ1n) is 5.70. The summed E-state index contributed by atoms with van der Waals surface area (Å²) in [5.74, 6) is 1.86. The monoisotopic (exact) mass is 203 g/mol. The largest absolute Gasteiger partial charge is 0.261 e. The summed E-state index contributed by atoms with van der Waals surface area (Å²) in [4.78, 5) is 4.52. The van der Waals surface area contributed by atoms with Crippen molar-refractivity contribution in [1.29, 1.82) is 0 Å². The molecule has 0 spiro atoms. The van der Waals surface area contributed by atoms with Gasteiger partial charge in [-0.25, -0.2) is 0 Å². The molecule has 0 unspecified atom stereocenters. The van der Waals surface area contributed by atoms with Crippen molar-refractivity contribution in [1.82, 2.24) is 0 Å². The fourth-order valence-corrected chi connectivity index (χ4v) is 1.80. The van der Waals surface area contributed by atoms with E-state index in [1.54, 1.807) is 0 Å². The summed E-state index contributed by atoms with van der Waals surface area (Å²) in [6, 6.07) is 10.1. The van der Waals surface area contributed by atoms with E-state index in [4.69, 9.17) is 0 Å². The van der Waals surface area contributed by atoms with Gasteiger partial charge in [0.1, 0.15) is 0 Å². The van der Waals surface area contributed by atoms with E-state index in [1.165, 1.54) is 0 Å². The fourth-order valence-electron chi connectivity index (χ4n) is 1.80. The molecule has 1 rings (SSSR count). The molecular formula is C14H21N. The number of hydrogen-bond acceptors (Lipinski definition) is 1. The summed E-state index contributed by atoms with van der Waals surface area (Å²) >= 11 is 0. The zero-order valence-electron chi connectivity index (χ0n) is 10.1. The Balaban J connectivity index is 2.70. The molecule has 0 aliphatic heterocycles. The summed E-state index contributed by atoms with van der Waals surface area (Å²) in [5, 5.41) is 0. The molecule has 1 nitrogen and oxygen atoms in total. The molecule has 1 aromatic rings. The quantitative estimate of drug-likeness (QED) is 0.646. The molecule has 0 radical (unpaired) electrons. The second-order valence-corrected chi connectivity index (χ2v) is 4.68. The number of benzene rings is 1. The van der Waals surface area contributed by atoms with Crippen molar-refractivity contribution in [3.63, 3.8) is 0 Å². The van der Waals surface area contributed by atoms with Crippen LogP contribution in [0.15, 0.2) is 35.3 Å². The maximum absolute atomic E-state index is 4.52. The Morgan fingerprint density at radius 2 is 1.47 bits per heavy atom. The average molecular weight is 203 g/mol. The highest BCUT2D eigenvalue weighted by Gasteiger charge is 2.14. The lowest BCUT2D eigenvalue weighted by Gasteiger charge is -2.19. The molecule has 15 heavy (non-hydrogen) atoms. The molecule has 0 N–H and O–H groups in total. The molecule has 1 aromatic carbocycles. The van der Waals surface area contributed by atoms with Crippen molar-refractivity contribution in [2.75, 3.05) is 0 Å². The summed E-state index contributed by atoms with van der Waals surface area (Å²) in [6.45, 7) is 9.01. The summed E-state index contributed by atoms with van der Waals surface area (Å²) in [5.41, 5.74) is 1.05. The van der Waals surface area contributed by atoms with Crippen LogP contribution in [0.2, 0.25) is 0 Å². The van der Waals surface area contributed by atoms with Crippen LogP contribution in [0.1, 0.15) is 27.7 Å². The highest BCUT2D eigenvalue weighted by molar-refractivity contribution is 5.66. The van der Waals surface area contributed by atoms with E-state index in [1.807, 2.05) is 30.3 Å². The van der Waals surface area contributed by atoms with Gasteiger partial charge >= 0.3 is 0 Å². The van der Waals surface area contributed by atoms with Crippen molar-refractivity contribution in [2.24, 2.45) is 22.7 Å². The van der Waals surface area contributed by atoms with E-state index in [0.717, 1.165) is 5.69 Å². The Morgan fingerprint density at radius 1 is 0.933 bits per heavy atom. The number of nitrogens with zero attached hydrogens (tertiary/aromatic N) is 1. The lowest BCUT2D eigenvalue weighted by Crippen LogP contribution is -2.16. The van der Waals surface area contributed by atoms with Gasteiger partial charge in [0, 0.05) is 6.21 Å². The van der Waals surface area contributed by atoms with Crippen LogP contribution >= 0.6 is 0 Å². The van der Waals surface area contributed by atoms with Gasteiger partial charge in [-0.3, -0.25) is 4.99 Å². The van der Waals surface area contributed by atoms with Gasteiger partial charge in [0.25, 0.3) is 0 Å². The van der Waals surface area contributed by atoms with Crippen molar-refractivity contribution in [3.8, 4) is 0 Å². The van der Waals surface area contributed by atoms with E-state index in [2.05, 4.69) is 38.9 Å². The maximum atomic E-state index is 4.52. The number of hydrogen-bond donors (Lipinski definition) is 0. The third-order valence-corrected chi connectivity index (χ3v) is 2.69. The predicted molar refractivity (Wildman–Crippen MR) is 67.8 cm³/mol. The summed E-state index contributed by atoms with van der Waals surface area (Å²) < 4.78 is 0. The Hall–Kier alpha value is -1.11. The molecule has 0 bridgehead atoms. The Bertz CT molecular complexity index is 290. The van der Waals surface area contributed by atoms with Gasteiger partial charge in [-0.05, 0) is 29.9 Å². The van der Waals surface area contributed by atoms with Gasteiger partial charge in [-0.1, -0.05) is 45.9 Å². The highest BCUT2D eigenvalue weighted by atomic mass is 14.7. The molecule has 82 valence electrons. The van der Waals surface area contributed by atoms with E-state index in [9.17, 15) is 0 Å². The SMILES string of the molecule is CC(C)C(C=Nc1ccccc1)C(C)C. The zero-order chi connectivity index (χ0) is 11.3. The lowest BCUT2D eigenvalue weighted by molar-refractivity contribution is 0.388. The van der Waals surface area contributed by atoms with Crippen molar-refractivity contribution in [2.45, 2.75) is 27.7 Å². The summed E-state index contributed by atoms with van der Waals surface area (Å²) in [7, 11) is 0. The van der Waals surface area contributed by atoms with Gasteiger partial charge in [-0.15, -0.1) is 0 Å². The molecule has 0 aliphatic rings. The standard InChI is InChI=1S/C14H21N/c1-11(2)14(12(3)4)10-15-13-8-6-5-7-9-13/h5-12,14H,1-4H3. The van der Waals surface area contributed by atoms with Crippen LogP contribution in [0.4, 0.5) is 5.69 Å². The maximum Gasteiger partial charge on any atom is 0.0625 e. The van der Waals surface area contributed by atoms with Crippen LogP contribution in [0.5, 0.6) is 0 Å². The molecule has 0 heterocycles. The van der Waals surface area contributed by atoms with E-state index in [0.29, 0.717) is 17.8 Å². The molecule has 1 heteroatoms. The van der Waals surface area contributed by atoms with E-state index < -0.39 is 0 Å². The number of para-hydroxylation sites is 1. The van der Waals surface area contributed by atoms with Crippen LogP contribution in [0.3, 0.4) is 0 Å². The Labute approximate surface area is 93.2 Å². The van der Waals surface area contributed by atoms with Gasteiger partial charge in [0.05, 0.1) is 5.69 Å². The van der Waals surface area contributed by atoms with Gasteiger partial charge in [-0.2, -0.15) is 0 Å². The number of aliphatic imine (C=N–C) groups is 1. The first kappa shape index (κ1) is 12.0. The van der Waals surface area contributed by atoms with Crippen molar-refractivity contribution in [3.05, 3.63) is 30.3 Å². The second kappa shape index (κ2) is 5.69. The lowest BCUT2D eigenvalue weighted by atomic mass is 9.87. The van der Waals surface area contributed by atoms with Crippen LogP contribution in [0.25, 0.3) is 0 Å². The summed E-state index contributed by atoms with van der Waals surface area (Å²) in [6.07, 6.45) is 2.10. The van der Waals surface area contributed by atoms with E-state index >= 15 is 0 Å². The minimum Gasteiger partial charge on any atom is -0.261 e. The van der Waals surface area contributed by atoms with Gasteiger partial charge in [0.2, 0.25) is 0 Å². The molecule has 0 atom stereocenters. The first-order chi connectivity index (χ1) is 7.11. The zero-order valence-corrected chi connectivity index (χ0v) is 10.1. The third kappa shape index (κ3) is 3.86.